The van der Waals surface area contributed by atoms with Crippen LogP contribution in [0.15, 0.2) is 17.5 Å². The van der Waals surface area contributed by atoms with Crippen molar-refractivity contribution in [3.05, 3.63) is 22.4 Å². The van der Waals surface area contributed by atoms with E-state index in [2.05, 4.69) is 17.1 Å². The molecule has 1 atom stereocenters. The first-order valence-corrected chi connectivity index (χ1v) is 9.55. The van der Waals surface area contributed by atoms with Crippen LogP contribution in [0.3, 0.4) is 0 Å². The highest BCUT2D eigenvalue weighted by Gasteiger charge is 2.41. The van der Waals surface area contributed by atoms with Gasteiger partial charge in [0.1, 0.15) is 4.88 Å². The molecule has 2 aromatic rings. The number of nitrogens with zero attached hydrogens (tertiary/aromatic N) is 4. The van der Waals surface area contributed by atoms with E-state index in [1.807, 2.05) is 0 Å². The number of rotatable bonds is 7. The molecule has 1 fully saturated rings. The predicted octanol–water partition coefficient (Wildman–Crippen LogP) is 2.83. The number of hydrogen-bond acceptors (Lipinski definition) is 8. The second-order valence-corrected chi connectivity index (χ2v) is 7.29. The average Bonchev–Trinajstić information content (AvgIpc) is 3.30. The molecule has 1 saturated heterocycles. The molecule has 0 aliphatic carbocycles. The number of carbonyl (C=O) groups excluding carboxylic acids is 2. The van der Waals surface area contributed by atoms with E-state index in [9.17, 15) is 9.59 Å². The van der Waals surface area contributed by atoms with Crippen molar-refractivity contribution in [1.29, 1.82) is 0 Å². The van der Waals surface area contributed by atoms with Crippen LogP contribution in [0.2, 0.25) is 0 Å². The lowest BCUT2D eigenvalue weighted by atomic mass is 10.4. The maximum absolute atomic E-state index is 12.4. The summed E-state index contributed by atoms with van der Waals surface area (Å²) >= 11 is 2.45. The summed E-state index contributed by atoms with van der Waals surface area (Å²) < 4.78 is 11.0. The highest BCUT2D eigenvalue weighted by atomic mass is 32.1. The molecule has 0 bridgehead atoms. The summed E-state index contributed by atoms with van der Waals surface area (Å²) in [6.07, 6.45) is 1.19. The summed E-state index contributed by atoms with van der Waals surface area (Å²) in [7, 11) is 1.65. The highest BCUT2D eigenvalue weighted by molar-refractivity contribution is 7.17. The number of urea groups is 1. The Balaban J connectivity index is 1.72. The lowest BCUT2D eigenvalue weighted by molar-refractivity contribution is 0.0337. The molecule has 0 spiro atoms. The summed E-state index contributed by atoms with van der Waals surface area (Å²) in [6, 6.07) is 3.16. The standard InChI is InChI=1S/C15H18N4O4S2/c1-3-4-7-22-14-17-16-13(25-14)19-11(9-18(2)15(19)21)23-12(20)10-6-5-8-24-10/h5-6,8,11H,3-4,7,9H2,1-2H3. The van der Waals surface area contributed by atoms with E-state index in [4.69, 9.17) is 9.47 Å². The molecule has 0 saturated carbocycles. The molecule has 10 heteroatoms. The summed E-state index contributed by atoms with van der Waals surface area (Å²) in [5.41, 5.74) is 0. The van der Waals surface area contributed by atoms with Gasteiger partial charge in [-0.2, -0.15) is 0 Å². The number of likely N-dealkylation sites (N-methyl/N-ethyl adjacent to an activating group) is 1. The Kier molecular flexibility index (Phi) is 5.49. The van der Waals surface area contributed by atoms with Crippen molar-refractivity contribution in [2.24, 2.45) is 0 Å². The van der Waals surface area contributed by atoms with Gasteiger partial charge in [-0.1, -0.05) is 24.5 Å². The topological polar surface area (TPSA) is 84.9 Å². The molecule has 2 aromatic heterocycles. The van der Waals surface area contributed by atoms with Crippen molar-refractivity contribution in [2.45, 2.75) is 26.0 Å². The van der Waals surface area contributed by atoms with Gasteiger partial charge in [-0.3, -0.25) is 0 Å². The fraction of sp³-hybridized carbons (Fsp3) is 0.467. The second kappa shape index (κ2) is 7.79. The second-order valence-electron chi connectivity index (χ2n) is 5.42. The minimum absolute atomic E-state index is 0.265. The molecular formula is C15H18N4O4S2. The zero-order valence-electron chi connectivity index (χ0n) is 13.9. The third-order valence-electron chi connectivity index (χ3n) is 3.54. The number of aromatic nitrogens is 2. The largest absolute Gasteiger partial charge is 0.469 e. The first kappa shape index (κ1) is 17.6. The third kappa shape index (κ3) is 3.90. The first-order chi connectivity index (χ1) is 12.1. The molecule has 1 unspecified atom stereocenters. The molecule has 134 valence electrons. The minimum atomic E-state index is -0.747. The monoisotopic (exact) mass is 382 g/mol. The van der Waals surface area contributed by atoms with Crippen molar-refractivity contribution in [3.63, 3.8) is 0 Å². The van der Waals surface area contributed by atoms with Crippen LogP contribution in [0.1, 0.15) is 29.4 Å². The number of amides is 2. The van der Waals surface area contributed by atoms with Crippen molar-refractivity contribution in [2.75, 3.05) is 25.1 Å². The smallest absolute Gasteiger partial charge is 0.350 e. The van der Waals surface area contributed by atoms with Gasteiger partial charge in [0.25, 0.3) is 5.19 Å². The molecule has 3 rings (SSSR count). The van der Waals surface area contributed by atoms with E-state index in [-0.39, 0.29) is 12.6 Å². The summed E-state index contributed by atoms with van der Waals surface area (Å²) in [4.78, 5) is 27.9. The van der Waals surface area contributed by atoms with Gasteiger partial charge < -0.3 is 14.4 Å². The van der Waals surface area contributed by atoms with Gasteiger partial charge >= 0.3 is 12.0 Å². The van der Waals surface area contributed by atoms with Gasteiger partial charge in [-0.25, -0.2) is 14.5 Å². The molecule has 0 N–H and O–H groups in total. The SMILES string of the molecule is CCCCOc1nnc(N2C(=O)N(C)CC2OC(=O)c2cccs2)s1. The Morgan fingerprint density at radius 2 is 2.28 bits per heavy atom. The molecule has 25 heavy (non-hydrogen) atoms. The van der Waals surface area contributed by atoms with Crippen LogP contribution in [-0.4, -0.2) is 53.5 Å². The Morgan fingerprint density at radius 1 is 1.44 bits per heavy atom. The predicted molar refractivity (Wildman–Crippen MR) is 94.3 cm³/mol. The van der Waals surface area contributed by atoms with Gasteiger partial charge in [0.2, 0.25) is 11.4 Å². The zero-order valence-corrected chi connectivity index (χ0v) is 15.5. The van der Waals surface area contributed by atoms with Crippen LogP contribution in [0.5, 0.6) is 5.19 Å². The van der Waals surface area contributed by atoms with Gasteiger partial charge in [-0.15, -0.1) is 16.4 Å². The molecule has 2 amide bonds. The van der Waals surface area contributed by atoms with Crippen LogP contribution >= 0.6 is 22.7 Å². The highest BCUT2D eigenvalue weighted by Crippen LogP contribution is 2.31. The van der Waals surface area contributed by atoms with Gasteiger partial charge in [0.05, 0.1) is 13.2 Å². The van der Waals surface area contributed by atoms with Gasteiger partial charge in [0.15, 0.2) is 0 Å². The van der Waals surface area contributed by atoms with Crippen LogP contribution in [0.4, 0.5) is 9.93 Å². The quantitative estimate of drug-likeness (QED) is 0.541. The van der Waals surface area contributed by atoms with Gasteiger partial charge in [-0.05, 0) is 29.2 Å². The number of anilines is 1. The van der Waals surface area contributed by atoms with E-state index in [0.29, 0.717) is 21.8 Å². The van der Waals surface area contributed by atoms with Crippen LogP contribution < -0.4 is 9.64 Å². The maximum atomic E-state index is 12.4. The molecule has 1 aliphatic rings. The van der Waals surface area contributed by atoms with Crippen LogP contribution in [0, 0.1) is 0 Å². The number of hydrogen-bond donors (Lipinski definition) is 0. The normalized spacial score (nSPS) is 17.2. The number of carbonyl (C=O) groups is 2. The Labute approximate surface area is 153 Å². The number of thiophene rings is 1. The number of ether oxygens (including phenoxy) is 2. The summed E-state index contributed by atoms with van der Waals surface area (Å²) in [5.74, 6) is -0.461. The Morgan fingerprint density at radius 3 is 3.00 bits per heavy atom. The molecule has 3 heterocycles. The fourth-order valence-electron chi connectivity index (χ4n) is 2.23. The zero-order chi connectivity index (χ0) is 17.8. The summed E-state index contributed by atoms with van der Waals surface area (Å²) in [6.45, 7) is 2.89. The van der Waals surface area contributed by atoms with E-state index < -0.39 is 12.2 Å². The fourth-order valence-corrected chi connectivity index (χ4v) is 3.60. The molecule has 1 aliphatic heterocycles. The lowest BCUT2D eigenvalue weighted by Gasteiger charge is -2.19. The van der Waals surface area contributed by atoms with Crippen molar-refractivity contribution >= 4 is 39.8 Å². The number of esters is 1. The van der Waals surface area contributed by atoms with Gasteiger partial charge in [0, 0.05) is 7.05 Å². The Bertz CT molecular complexity index is 734. The minimum Gasteiger partial charge on any atom is -0.469 e. The lowest BCUT2D eigenvalue weighted by Crippen LogP contribution is -2.37. The number of unbranched alkanes of at least 4 members (excludes halogenated alkanes) is 1. The van der Waals surface area contributed by atoms with Crippen molar-refractivity contribution < 1.29 is 19.1 Å². The van der Waals surface area contributed by atoms with Crippen LogP contribution in [-0.2, 0) is 4.74 Å². The Hall–Kier alpha value is -2.20. The van der Waals surface area contributed by atoms with E-state index in [0.717, 1.165) is 24.2 Å². The first-order valence-electron chi connectivity index (χ1n) is 7.85. The molecule has 8 nitrogen and oxygen atoms in total. The van der Waals surface area contributed by atoms with E-state index in [1.54, 1.807) is 24.6 Å². The summed E-state index contributed by atoms with van der Waals surface area (Å²) in [5, 5.41) is 10.5. The van der Waals surface area contributed by atoms with E-state index >= 15 is 0 Å². The van der Waals surface area contributed by atoms with Crippen molar-refractivity contribution in [1.82, 2.24) is 15.1 Å². The third-order valence-corrected chi connectivity index (χ3v) is 5.23. The maximum Gasteiger partial charge on any atom is 0.350 e. The molecule has 0 aromatic carbocycles. The van der Waals surface area contributed by atoms with Crippen molar-refractivity contribution in [3.8, 4) is 5.19 Å². The van der Waals surface area contributed by atoms with E-state index in [1.165, 1.54) is 21.1 Å². The molecular weight excluding hydrogens is 364 g/mol. The van der Waals surface area contributed by atoms with Crippen LogP contribution in [0.25, 0.3) is 0 Å². The average molecular weight is 382 g/mol. The molecule has 0 radical (unpaired) electrons.